The van der Waals surface area contributed by atoms with Gasteiger partial charge in [0.1, 0.15) is 0 Å². The molecule has 8 heteroatoms. The number of aromatic nitrogens is 4. The Morgan fingerprint density at radius 3 is 2.41 bits per heavy atom. The smallest absolute Gasteiger partial charge is 0.204 e. The van der Waals surface area contributed by atoms with E-state index in [0.717, 1.165) is 23.3 Å². The van der Waals surface area contributed by atoms with Crippen LogP contribution in [-0.4, -0.2) is 46.4 Å². The van der Waals surface area contributed by atoms with Gasteiger partial charge in [-0.25, -0.2) is 4.98 Å². The maximum atomic E-state index is 4.39. The molecule has 2 rings (SSSR count). The average molecular weight is 304 g/mol. The van der Waals surface area contributed by atoms with Gasteiger partial charge in [0.05, 0.1) is 30.7 Å². The van der Waals surface area contributed by atoms with E-state index >= 15 is 0 Å². The molecule has 0 fully saturated rings. The van der Waals surface area contributed by atoms with Gasteiger partial charge in [0, 0.05) is 41.4 Å². The Morgan fingerprint density at radius 2 is 1.91 bits per heavy atom. The van der Waals surface area contributed by atoms with Crippen LogP contribution in [0.2, 0.25) is 0 Å². The SMILES string of the molecule is CN=C(NCc1ccnn1C)NCc1cnc(N(C)C)n1C. The van der Waals surface area contributed by atoms with Crippen LogP contribution in [0.25, 0.3) is 0 Å². The highest BCUT2D eigenvalue weighted by Crippen LogP contribution is 2.10. The van der Waals surface area contributed by atoms with Crippen molar-refractivity contribution in [2.24, 2.45) is 19.1 Å². The van der Waals surface area contributed by atoms with E-state index in [1.807, 2.05) is 50.0 Å². The highest BCUT2D eigenvalue weighted by atomic mass is 15.3. The van der Waals surface area contributed by atoms with Crippen molar-refractivity contribution in [3.63, 3.8) is 0 Å². The van der Waals surface area contributed by atoms with E-state index < -0.39 is 0 Å². The molecule has 8 nitrogen and oxygen atoms in total. The molecular weight excluding hydrogens is 280 g/mol. The van der Waals surface area contributed by atoms with Crippen LogP contribution in [0, 0.1) is 0 Å². The Kier molecular flexibility index (Phi) is 5.03. The molecule has 0 aliphatic heterocycles. The van der Waals surface area contributed by atoms with Gasteiger partial charge in [-0.3, -0.25) is 9.67 Å². The second-order valence-electron chi connectivity index (χ2n) is 5.23. The third-order valence-corrected chi connectivity index (χ3v) is 3.48. The highest BCUT2D eigenvalue weighted by molar-refractivity contribution is 5.79. The second kappa shape index (κ2) is 6.97. The Bertz CT molecular complexity index is 637. The third-order valence-electron chi connectivity index (χ3n) is 3.48. The summed E-state index contributed by atoms with van der Waals surface area (Å²) in [6, 6.07) is 1.98. The highest BCUT2D eigenvalue weighted by Gasteiger charge is 2.08. The first-order chi connectivity index (χ1) is 10.5. The van der Waals surface area contributed by atoms with Gasteiger partial charge < -0.3 is 20.1 Å². The minimum absolute atomic E-state index is 0.655. The molecule has 0 bridgehead atoms. The van der Waals surface area contributed by atoms with Crippen LogP contribution in [0.15, 0.2) is 23.5 Å². The summed E-state index contributed by atoms with van der Waals surface area (Å²) in [5.41, 5.74) is 2.19. The van der Waals surface area contributed by atoms with E-state index in [1.54, 1.807) is 13.2 Å². The molecule has 120 valence electrons. The number of rotatable bonds is 5. The van der Waals surface area contributed by atoms with Gasteiger partial charge in [0.15, 0.2) is 5.96 Å². The van der Waals surface area contributed by atoms with E-state index in [9.17, 15) is 0 Å². The van der Waals surface area contributed by atoms with Crippen LogP contribution in [0.4, 0.5) is 5.95 Å². The lowest BCUT2D eigenvalue weighted by molar-refractivity contribution is 0.680. The quantitative estimate of drug-likeness (QED) is 0.605. The number of hydrogen-bond donors (Lipinski definition) is 2. The van der Waals surface area contributed by atoms with Gasteiger partial charge in [-0.15, -0.1) is 0 Å². The maximum Gasteiger partial charge on any atom is 0.204 e. The number of aryl methyl sites for hydroxylation is 1. The molecule has 0 aliphatic rings. The monoisotopic (exact) mass is 304 g/mol. The maximum absolute atomic E-state index is 4.39. The topological polar surface area (TPSA) is 75.3 Å². The van der Waals surface area contributed by atoms with Gasteiger partial charge in [0.2, 0.25) is 5.95 Å². The van der Waals surface area contributed by atoms with Crippen molar-refractivity contribution in [1.82, 2.24) is 30.0 Å². The normalized spacial score (nSPS) is 11.6. The van der Waals surface area contributed by atoms with Crippen molar-refractivity contribution in [3.05, 3.63) is 29.8 Å². The van der Waals surface area contributed by atoms with Crippen LogP contribution >= 0.6 is 0 Å². The van der Waals surface area contributed by atoms with Gasteiger partial charge in [-0.1, -0.05) is 0 Å². The standard InChI is InChI=1S/C14H24N8/c1-15-13(16-8-11-6-7-19-22(11)5)17-9-12-10-18-14(20(2)3)21(12)4/h6-7,10H,8-9H2,1-5H3,(H2,15,16,17). The third kappa shape index (κ3) is 3.57. The predicted molar refractivity (Wildman–Crippen MR) is 87.8 cm³/mol. The van der Waals surface area contributed by atoms with E-state index in [1.165, 1.54) is 0 Å². The minimum atomic E-state index is 0.655. The zero-order chi connectivity index (χ0) is 16.1. The number of nitrogens with zero attached hydrogens (tertiary/aromatic N) is 6. The first kappa shape index (κ1) is 15.9. The number of nitrogens with one attached hydrogen (secondary N) is 2. The molecule has 2 aromatic rings. The van der Waals surface area contributed by atoms with Crippen molar-refractivity contribution in [3.8, 4) is 0 Å². The zero-order valence-electron chi connectivity index (χ0n) is 13.8. The van der Waals surface area contributed by atoms with Gasteiger partial charge in [-0.2, -0.15) is 5.10 Å². The molecule has 22 heavy (non-hydrogen) atoms. The van der Waals surface area contributed by atoms with Gasteiger partial charge in [0.25, 0.3) is 0 Å². The lowest BCUT2D eigenvalue weighted by atomic mass is 10.4. The molecule has 0 aliphatic carbocycles. The Morgan fingerprint density at radius 1 is 1.23 bits per heavy atom. The fraction of sp³-hybridized carbons (Fsp3) is 0.500. The van der Waals surface area contributed by atoms with Crippen molar-refractivity contribution >= 4 is 11.9 Å². The van der Waals surface area contributed by atoms with Crippen molar-refractivity contribution in [2.75, 3.05) is 26.0 Å². The number of aliphatic imine (C=N–C) groups is 1. The minimum Gasteiger partial charge on any atom is -0.351 e. The van der Waals surface area contributed by atoms with Crippen molar-refractivity contribution in [1.29, 1.82) is 0 Å². The van der Waals surface area contributed by atoms with E-state index in [2.05, 4.69) is 30.3 Å². The molecule has 0 saturated heterocycles. The average Bonchev–Trinajstić information content (AvgIpc) is 3.06. The molecule has 0 radical (unpaired) electrons. The molecular formula is C14H24N8. The number of imidazole rings is 1. The number of anilines is 1. The lowest BCUT2D eigenvalue weighted by Crippen LogP contribution is -2.37. The van der Waals surface area contributed by atoms with Crippen LogP contribution in [0.5, 0.6) is 0 Å². The molecule has 0 atom stereocenters. The number of hydrogen-bond acceptors (Lipinski definition) is 4. The predicted octanol–water partition coefficient (Wildman–Crippen LogP) is 0.0848. The molecule has 2 heterocycles. The summed E-state index contributed by atoms with van der Waals surface area (Å²) in [6.07, 6.45) is 3.66. The molecule has 2 N–H and O–H groups in total. The van der Waals surface area contributed by atoms with Crippen LogP contribution in [-0.2, 0) is 27.2 Å². The van der Waals surface area contributed by atoms with Crippen LogP contribution in [0.3, 0.4) is 0 Å². The summed E-state index contributed by atoms with van der Waals surface area (Å²) < 4.78 is 3.89. The summed E-state index contributed by atoms with van der Waals surface area (Å²) in [6.45, 7) is 1.33. The zero-order valence-corrected chi connectivity index (χ0v) is 13.8. The van der Waals surface area contributed by atoms with E-state index in [0.29, 0.717) is 13.1 Å². The molecule has 0 amide bonds. The summed E-state index contributed by atoms with van der Waals surface area (Å²) in [5.74, 6) is 1.67. The first-order valence-corrected chi connectivity index (χ1v) is 7.12. The lowest BCUT2D eigenvalue weighted by Gasteiger charge is -2.14. The largest absolute Gasteiger partial charge is 0.351 e. The van der Waals surface area contributed by atoms with Crippen molar-refractivity contribution < 1.29 is 0 Å². The molecule has 2 aromatic heterocycles. The second-order valence-corrected chi connectivity index (χ2v) is 5.23. The molecule has 0 spiro atoms. The van der Waals surface area contributed by atoms with Gasteiger partial charge in [-0.05, 0) is 6.07 Å². The Labute approximate surface area is 130 Å². The Hall–Kier alpha value is -2.51. The van der Waals surface area contributed by atoms with Crippen LogP contribution in [0.1, 0.15) is 11.4 Å². The van der Waals surface area contributed by atoms with E-state index in [-0.39, 0.29) is 0 Å². The summed E-state index contributed by atoms with van der Waals surface area (Å²) in [4.78, 5) is 10.6. The summed E-state index contributed by atoms with van der Waals surface area (Å²) >= 11 is 0. The molecule has 0 unspecified atom stereocenters. The van der Waals surface area contributed by atoms with E-state index in [4.69, 9.17) is 0 Å². The fourth-order valence-electron chi connectivity index (χ4n) is 2.16. The summed E-state index contributed by atoms with van der Waals surface area (Å²) in [7, 11) is 9.64. The molecule has 0 saturated carbocycles. The molecule has 0 aromatic carbocycles. The first-order valence-electron chi connectivity index (χ1n) is 7.12. The van der Waals surface area contributed by atoms with Crippen molar-refractivity contribution in [2.45, 2.75) is 13.1 Å². The fourth-order valence-corrected chi connectivity index (χ4v) is 2.16. The van der Waals surface area contributed by atoms with Crippen LogP contribution < -0.4 is 15.5 Å². The Balaban J connectivity index is 1.90. The van der Waals surface area contributed by atoms with Gasteiger partial charge >= 0.3 is 0 Å². The number of guanidine groups is 1. The summed E-state index contributed by atoms with van der Waals surface area (Å²) in [5, 5.41) is 10.7.